The highest BCUT2D eigenvalue weighted by Crippen LogP contribution is 2.36. The normalized spacial score (nSPS) is 24.1. The van der Waals surface area contributed by atoms with E-state index in [0.717, 1.165) is 23.1 Å². The van der Waals surface area contributed by atoms with Gasteiger partial charge in [-0.3, -0.25) is 4.79 Å². The lowest BCUT2D eigenvalue weighted by atomic mass is 9.96. The zero-order valence-corrected chi connectivity index (χ0v) is 19.8. The second-order valence-corrected chi connectivity index (χ2v) is 10.9. The van der Waals surface area contributed by atoms with Crippen molar-refractivity contribution in [1.82, 2.24) is 9.62 Å². The van der Waals surface area contributed by atoms with Crippen molar-refractivity contribution in [1.29, 1.82) is 0 Å². The summed E-state index contributed by atoms with van der Waals surface area (Å²) in [5.74, 6) is -6.03. The lowest BCUT2D eigenvalue weighted by Gasteiger charge is -2.30. The van der Waals surface area contributed by atoms with Crippen LogP contribution in [0.3, 0.4) is 0 Å². The molecule has 2 aliphatic heterocycles. The highest BCUT2D eigenvalue weighted by Gasteiger charge is 2.57. The van der Waals surface area contributed by atoms with Gasteiger partial charge in [-0.15, -0.1) is 0 Å². The molecule has 0 bridgehead atoms. The molecule has 2 saturated heterocycles. The van der Waals surface area contributed by atoms with E-state index in [0.29, 0.717) is 30.6 Å². The average Bonchev–Trinajstić information content (AvgIpc) is 3.41. The first kappa shape index (κ1) is 25.6. The topological polar surface area (TPSA) is 75.7 Å². The molecule has 1 amide bonds. The van der Waals surface area contributed by atoms with Crippen molar-refractivity contribution in [3.63, 3.8) is 0 Å². The number of amides is 1. The lowest BCUT2D eigenvalue weighted by Crippen LogP contribution is -2.53. The van der Waals surface area contributed by atoms with E-state index >= 15 is 8.78 Å². The minimum absolute atomic E-state index is 0.101. The van der Waals surface area contributed by atoms with E-state index < -0.39 is 64.0 Å². The Kier molecular flexibility index (Phi) is 7.21. The number of carbonyl (C=O) groups is 1. The number of ether oxygens (including phenoxy) is 1. The number of rotatable bonds is 7. The number of hydrogen-bond donors (Lipinski definition) is 1. The maximum atomic E-state index is 15.1. The number of nitrogens with one attached hydrogen (secondary N) is 1. The Bertz CT molecular complexity index is 1180. The van der Waals surface area contributed by atoms with E-state index in [-0.39, 0.29) is 12.0 Å². The lowest BCUT2D eigenvalue weighted by molar-refractivity contribution is -0.143. The molecule has 0 spiro atoms. The largest absolute Gasteiger partial charge is 0.368 e. The predicted octanol–water partition coefficient (Wildman–Crippen LogP) is 3.51. The van der Waals surface area contributed by atoms with Gasteiger partial charge in [-0.2, -0.15) is 0 Å². The van der Waals surface area contributed by atoms with Gasteiger partial charge < -0.3 is 9.64 Å². The van der Waals surface area contributed by atoms with E-state index in [2.05, 4.69) is 4.72 Å². The van der Waals surface area contributed by atoms with Crippen LogP contribution in [0.1, 0.15) is 25.3 Å². The van der Waals surface area contributed by atoms with E-state index in [1.54, 1.807) is 24.3 Å². The summed E-state index contributed by atoms with van der Waals surface area (Å²) < 4.78 is 89.6. The quantitative estimate of drug-likeness (QED) is 0.574. The van der Waals surface area contributed by atoms with Gasteiger partial charge in [-0.25, -0.2) is 30.7 Å². The third-order valence-electron chi connectivity index (χ3n) is 6.36. The summed E-state index contributed by atoms with van der Waals surface area (Å²) in [6.45, 7) is 0.743. The molecule has 35 heavy (non-hydrogen) atoms. The van der Waals surface area contributed by atoms with Gasteiger partial charge in [0.05, 0.1) is 18.3 Å². The number of sulfonamides is 1. The fraction of sp³-hybridized carbons (Fsp3) is 0.458. The molecular formula is C24H26F4N2O4S. The number of halogens is 4. The molecule has 2 fully saturated rings. The highest BCUT2D eigenvalue weighted by molar-refractivity contribution is 7.89. The third kappa shape index (κ3) is 5.68. The standard InChI is InChI=1S/C24H26F4N2O4S/c1-2-35(32,33)29-22-20(30(14-24(22,27)28)23(31)21-7-4-8-34-21)10-15-5-3-6-16(9-15)17-11-18(25)13-19(26)12-17/h3,5-6,9,11-13,20-22,29H,2,4,7-8,10,14H2,1H3/t20-,21+,22+/m0/s1. The summed E-state index contributed by atoms with van der Waals surface area (Å²) in [4.78, 5) is 14.1. The van der Waals surface area contributed by atoms with E-state index in [1.807, 2.05) is 0 Å². The maximum absolute atomic E-state index is 15.1. The van der Waals surface area contributed by atoms with Crippen molar-refractivity contribution >= 4 is 15.9 Å². The summed E-state index contributed by atoms with van der Waals surface area (Å²) in [6.07, 6.45) is 0.0797. The number of alkyl halides is 2. The Hall–Kier alpha value is -2.50. The van der Waals surface area contributed by atoms with Crippen LogP contribution in [0.25, 0.3) is 11.1 Å². The van der Waals surface area contributed by atoms with E-state index in [1.165, 1.54) is 6.92 Å². The Morgan fingerprint density at radius 1 is 1.14 bits per heavy atom. The molecule has 6 nitrogen and oxygen atoms in total. The highest BCUT2D eigenvalue weighted by atomic mass is 32.2. The summed E-state index contributed by atoms with van der Waals surface area (Å²) in [5, 5.41) is 0. The van der Waals surface area contributed by atoms with Crippen LogP contribution in [0.5, 0.6) is 0 Å². The first-order valence-corrected chi connectivity index (χ1v) is 13.0. The second-order valence-electron chi connectivity index (χ2n) is 8.86. The minimum atomic E-state index is -4.01. The molecule has 0 aromatic heterocycles. The van der Waals surface area contributed by atoms with Crippen molar-refractivity contribution < 1.29 is 35.5 Å². The van der Waals surface area contributed by atoms with E-state index in [9.17, 15) is 22.0 Å². The number of hydrogen-bond acceptors (Lipinski definition) is 4. The summed E-state index contributed by atoms with van der Waals surface area (Å²) in [7, 11) is -4.01. The molecule has 1 N–H and O–H groups in total. The van der Waals surface area contributed by atoms with Crippen LogP contribution in [0.15, 0.2) is 42.5 Å². The monoisotopic (exact) mass is 514 g/mol. The zero-order chi connectivity index (χ0) is 25.4. The van der Waals surface area contributed by atoms with Crippen molar-refractivity contribution in [3.05, 3.63) is 59.7 Å². The van der Waals surface area contributed by atoms with Crippen LogP contribution >= 0.6 is 0 Å². The zero-order valence-electron chi connectivity index (χ0n) is 19.0. The van der Waals surface area contributed by atoms with Gasteiger partial charge in [0.2, 0.25) is 10.0 Å². The molecule has 2 heterocycles. The fourth-order valence-corrected chi connectivity index (χ4v) is 5.50. The van der Waals surface area contributed by atoms with Crippen molar-refractivity contribution in [2.45, 2.75) is 50.3 Å². The van der Waals surface area contributed by atoms with E-state index in [4.69, 9.17) is 4.74 Å². The van der Waals surface area contributed by atoms with Crippen LogP contribution in [0, 0.1) is 11.6 Å². The third-order valence-corrected chi connectivity index (χ3v) is 7.74. The first-order valence-electron chi connectivity index (χ1n) is 11.3. The Labute approximate surface area is 201 Å². The summed E-state index contributed by atoms with van der Waals surface area (Å²) >= 11 is 0. The van der Waals surface area contributed by atoms with Gasteiger partial charge in [0.25, 0.3) is 11.8 Å². The van der Waals surface area contributed by atoms with Crippen molar-refractivity contribution in [2.75, 3.05) is 18.9 Å². The van der Waals surface area contributed by atoms with Gasteiger partial charge in [0.15, 0.2) is 0 Å². The number of benzene rings is 2. The molecule has 0 aliphatic carbocycles. The Balaban J connectivity index is 1.69. The van der Waals surface area contributed by atoms with Crippen molar-refractivity contribution in [3.8, 4) is 11.1 Å². The Morgan fingerprint density at radius 2 is 1.86 bits per heavy atom. The SMILES string of the molecule is CCS(=O)(=O)N[C@@H]1[C@H](Cc2cccc(-c3cc(F)cc(F)c3)c2)N(C(=O)[C@H]2CCCO2)CC1(F)F. The molecular weight excluding hydrogens is 488 g/mol. The van der Waals surface area contributed by atoms with Gasteiger partial charge in [0, 0.05) is 12.7 Å². The summed E-state index contributed by atoms with van der Waals surface area (Å²) in [6, 6.07) is 6.46. The minimum Gasteiger partial charge on any atom is -0.368 e. The molecule has 190 valence electrons. The Morgan fingerprint density at radius 3 is 2.49 bits per heavy atom. The molecule has 0 unspecified atom stereocenters. The number of carbonyl (C=O) groups excluding carboxylic acids is 1. The van der Waals surface area contributed by atoms with Crippen LogP contribution < -0.4 is 4.72 Å². The number of nitrogens with zero attached hydrogens (tertiary/aromatic N) is 1. The molecule has 2 aliphatic rings. The van der Waals surface area contributed by atoms with Crippen LogP contribution in [0.2, 0.25) is 0 Å². The maximum Gasteiger partial charge on any atom is 0.283 e. The number of likely N-dealkylation sites (tertiary alicyclic amines) is 1. The van der Waals surface area contributed by atoms with Crippen molar-refractivity contribution in [2.24, 2.45) is 0 Å². The molecule has 4 rings (SSSR count). The average molecular weight is 515 g/mol. The molecule has 11 heteroatoms. The smallest absolute Gasteiger partial charge is 0.283 e. The predicted molar refractivity (Wildman–Crippen MR) is 121 cm³/mol. The second kappa shape index (κ2) is 9.87. The van der Waals surface area contributed by atoms with Gasteiger partial charge in [-0.1, -0.05) is 24.3 Å². The van der Waals surface area contributed by atoms with Gasteiger partial charge in [-0.05, 0) is 55.0 Å². The van der Waals surface area contributed by atoms with Gasteiger partial charge >= 0.3 is 0 Å². The van der Waals surface area contributed by atoms with Crippen LogP contribution in [-0.4, -0.2) is 62.2 Å². The molecule has 0 radical (unpaired) electrons. The molecule has 3 atom stereocenters. The van der Waals surface area contributed by atoms with Gasteiger partial charge in [0.1, 0.15) is 23.8 Å². The van der Waals surface area contributed by atoms with Crippen LogP contribution in [-0.2, 0) is 26.0 Å². The van der Waals surface area contributed by atoms with Crippen LogP contribution in [0.4, 0.5) is 17.6 Å². The fourth-order valence-electron chi connectivity index (χ4n) is 4.61. The molecule has 0 saturated carbocycles. The molecule has 2 aromatic rings. The molecule has 2 aromatic carbocycles. The first-order chi connectivity index (χ1) is 16.5. The summed E-state index contributed by atoms with van der Waals surface area (Å²) in [5.41, 5.74) is 1.21.